The molecular weight excluding hydrogens is 192 g/mol. The minimum absolute atomic E-state index is 0.139. The van der Waals surface area contributed by atoms with Crippen LogP contribution in [0.1, 0.15) is 0 Å². The Balaban J connectivity index is 2.48. The summed E-state index contributed by atoms with van der Waals surface area (Å²) in [6, 6.07) is 7.21. The lowest BCUT2D eigenvalue weighted by Gasteiger charge is -2.04. The van der Waals surface area contributed by atoms with Crippen LogP contribution in [0.5, 0.6) is 0 Å². The summed E-state index contributed by atoms with van der Waals surface area (Å²) >= 11 is 0. The fourth-order valence-electron chi connectivity index (χ4n) is 1.36. The number of hydrogen-bond acceptors (Lipinski definition) is 4. The molecule has 78 valence electrons. The van der Waals surface area contributed by atoms with E-state index in [0.29, 0.717) is 29.9 Å². The third-order valence-electron chi connectivity index (χ3n) is 2.05. The van der Waals surface area contributed by atoms with Crippen LogP contribution in [0.2, 0.25) is 0 Å². The Bertz CT molecular complexity index is 520. The molecule has 0 aliphatic carbocycles. The smallest absolute Gasteiger partial charge is 0.260 e. The van der Waals surface area contributed by atoms with E-state index in [1.54, 1.807) is 12.1 Å². The number of nitrogens with two attached hydrogens (primary N) is 1. The van der Waals surface area contributed by atoms with Gasteiger partial charge < -0.3 is 11.1 Å². The van der Waals surface area contributed by atoms with Crippen LogP contribution in [0.15, 0.2) is 29.1 Å². The number of fused-ring (bicyclic) bond motifs is 1. The van der Waals surface area contributed by atoms with E-state index in [9.17, 15) is 4.79 Å². The molecule has 0 spiro atoms. The van der Waals surface area contributed by atoms with Crippen molar-refractivity contribution < 1.29 is 0 Å². The van der Waals surface area contributed by atoms with E-state index < -0.39 is 0 Å². The molecule has 0 unspecified atom stereocenters. The van der Waals surface area contributed by atoms with Gasteiger partial charge in [-0.25, -0.2) is 4.98 Å². The van der Waals surface area contributed by atoms with Gasteiger partial charge in [-0.1, -0.05) is 12.1 Å². The fraction of sp³-hybridized carbons (Fsp3) is 0.200. The van der Waals surface area contributed by atoms with Crippen LogP contribution in [0.3, 0.4) is 0 Å². The van der Waals surface area contributed by atoms with E-state index in [4.69, 9.17) is 5.73 Å². The molecule has 0 aliphatic heterocycles. The number of benzene rings is 1. The van der Waals surface area contributed by atoms with E-state index >= 15 is 0 Å². The number of aromatic nitrogens is 2. The van der Waals surface area contributed by atoms with Crippen LogP contribution in [0.25, 0.3) is 10.9 Å². The molecule has 15 heavy (non-hydrogen) atoms. The molecule has 0 radical (unpaired) electrons. The van der Waals surface area contributed by atoms with Crippen molar-refractivity contribution in [2.45, 2.75) is 0 Å². The molecule has 5 heteroatoms. The number of para-hydroxylation sites is 1. The van der Waals surface area contributed by atoms with E-state index in [1.165, 1.54) is 0 Å². The lowest BCUT2D eigenvalue weighted by atomic mass is 10.2. The summed E-state index contributed by atoms with van der Waals surface area (Å²) < 4.78 is 0. The van der Waals surface area contributed by atoms with Gasteiger partial charge in [0.15, 0.2) is 0 Å². The van der Waals surface area contributed by atoms with Crippen molar-refractivity contribution in [3.05, 3.63) is 34.6 Å². The zero-order valence-corrected chi connectivity index (χ0v) is 8.16. The number of hydrogen-bond donors (Lipinski definition) is 3. The lowest BCUT2D eigenvalue weighted by Crippen LogP contribution is -2.18. The van der Waals surface area contributed by atoms with E-state index in [0.717, 1.165) is 0 Å². The third-order valence-corrected chi connectivity index (χ3v) is 2.05. The van der Waals surface area contributed by atoms with Gasteiger partial charge in [0.05, 0.1) is 10.9 Å². The zero-order valence-electron chi connectivity index (χ0n) is 8.16. The monoisotopic (exact) mass is 204 g/mol. The number of nitrogens with one attached hydrogen (secondary N) is 2. The topological polar surface area (TPSA) is 83.8 Å². The maximum Gasteiger partial charge on any atom is 0.260 e. The molecule has 1 aromatic heterocycles. The Morgan fingerprint density at radius 2 is 2.20 bits per heavy atom. The number of aromatic amines is 1. The molecule has 1 heterocycles. The summed E-state index contributed by atoms with van der Waals surface area (Å²) in [5.41, 5.74) is 5.89. The highest BCUT2D eigenvalue weighted by Crippen LogP contribution is 2.07. The summed E-state index contributed by atoms with van der Waals surface area (Å²) in [7, 11) is 0. The highest BCUT2D eigenvalue weighted by atomic mass is 16.1. The number of anilines is 1. The highest BCUT2D eigenvalue weighted by Gasteiger charge is 2.01. The first-order valence-electron chi connectivity index (χ1n) is 4.74. The van der Waals surface area contributed by atoms with Gasteiger partial charge in [0, 0.05) is 13.1 Å². The highest BCUT2D eigenvalue weighted by molar-refractivity contribution is 5.78. The molecule has 4 N–H and O–H groups in total. The molecule has 5 nitrogen and oxygen atoms in total. The molecular formula is C10H12N4O. The molecule has 2 aromatic rings. The SMILES string of the molecule is NCCNc1nc2ccccc2c(=O)[nH]1. The molecule has 0 amide bonds. The average Bonchev–Trinajstić information content (AvgIpc) is 2.26. The minimum atomic E-state index is -0.139. The second-order valence-corrected chi connectivity index (χ2v) is 3.15. The third kappa shape index (κ3) is 1.97. The maximum absolute atomic E-state index is 11.6. The van der Waals surface area contributed by atoms with Gasteiger partial charge in [0.25, 0.3) is 5.56 Å². The van der Waals surface area contributed by atoms with Crippen LogP contribution in [-0.4, -0.2) is 23.1 Å². The maximum atomic E-state index is 11.6. The number of rotatable bonds is 3. The van der Waals surface area contributed by atoms with Crippen molar-refractivity contribution in [1.29, 1.82) is 0 Å². The van der Waals surface area contributed by atoms with Crippen molar-refractivity contribution in [3.8, 4) is 0 Å². The first-order chi connectivity index (χ1) is 7.31. The summed E-state index contributed by atoms with van der Waals surface area (Å²) in [6.07, 6.45) is 0. The Kier molecular flexibility index (Phi) is 2.64. The summed E-state index contributed by atoms with van der Waals surface area (Å²) in [4.78, 5) is 18.5. The van der Waals surface area contributed by atoms with E-state index in [1.807, 2.05) is 12.1 Å². The largest absolute Gasteiger partial charge is 0.354 e. The van der Waals surface area contributed by atoms with Gasteiger partial charge in [0.2, 0.25) is 5.95 Å². The van der Waals surface area contributed by atoms with Gasteiger partial charge in [-0.15, -0.1) is 0 Å². The molecule has 0 saturated heterocycles. The molecule has 0 saturated carbocycles. The molecule has 2 rings (SSSR count). The first kappa shape index (κ1) is 9.67. The summed E-state index contributed by atoms with van der Waals surface area (Å²) in [5.74, 6) is 0.462. The molecule has 0 fully saturated rings. The molecule has 1 aromatic carbocycles. The Labute approximate surface area is 86.3 Å². The second kappa shape index (κ2) is 4.10. The quantitative estimate of drug-likeness (QED) is 0.671. The van der Waals surface area contributed by atoms with Gasteiger partial charge >= 0.3 is 0 Å². The number of H-pyrrole nitrogens is 1. The standard InChI is InChI=1S/C10H12N4O/c11-5-6-12-10-13-8-4-2-1-3-7(8)9(15)14-10/h1-4H,5-6,11H2,(H2,12,13,14,15). The Morgan fingerprint density at radius 3 is 3.00 bits per heavy atom. The summed E-state index contributed by atoms with van der Waals surface area (Å²) in [6.45, 7) is 1.08. The fourth-order valence-corrected chi connectivity index (χ4v) is 1.36. The molecule has 0 bridgehead atoms. The van der Waals surface area contributed by atoms with Crippen LogP contribution in [0.4, 0.5) is 5.95 Å². The van der Waals surface area contributed by atoms with Gasteiger partial charge in [-0.05, 0) is 12.1 Å². The Morgan fingerprint density at radius 1 is 1.40 bits per heavy atom. The van der Waals surface area contributed by atoms with E-state index in [2.05, 4.69) is 15.3 Å². The predicted octanol–water partition coefficient (Wildman–Crippen LogP) is 0.294. The van der Waals surface area contributed by atoms with Gasteiger partial charge in [-0.3, -0.25) is 9.78 Å². The zero-order chi connectivity index (χ0) is 10.7. The van der Waals surface area contributed by atoms with Gasteiger partial charge in [-0.2, -0.15) is 0 Å². The van der Waals surface area contributed by atoms with Gasteiger partial charge in [0.1, 0.15) is 0 Å². The molecule has 0 atom stereocenters. The van der Waals surface area contributed by atoms with Crippen LogP contribution in [-0.2, 0) is 0 Å². The second-order valence-electron chi connectivity index (χ2n) is 3.15. The summed E-state index contributed by atoms with van der Waals surface area (Å²) in [5, 5.41) is 3.53. The number of nitrogens with zero attached hydrogens (tertiary/aromatic N) is 1. The van der Waals surface area contributed by atoms with Crippen molar-refractivity contribution >= 4 is 16.9 Å². The minimum Gasteiger partial charge on any atom is -0.354 e. The Hall–Kier alpha value is -1.88. The van der Waals surface area contributed by atoms with Crippen molar-refractivity contribution in [2.75, 3.05) is 18.4 Å². The van der Waals surface area contributed by atoms with Crippen LogP contribution >= 0.6 is 0 Å². The van der Waals surface area contributed by atoms with Crippen molar-refractivity contribution in [1.82, 2.24) is 9.97 Å². The van der Waals surface area contributed by atoms with Crippen LogP contribution < -0.4 is 16.6 Å². The average molecular weight is 204 g/mol. The predicted molar refractivity (Wildman–Crippen MR) is 59.9 cm³/mol. The van der Waals surface area contributed by atoms with Crippen LogP contribution in [0, 0.1) is 0 Å². The normalized spacial score (nSPS) is 10.5. The first-order valence-corrected chi connectivity index (χ1v) is 4.74. The van der Waals surface area contributed by atoms with Crippen molar-refractivity contribution in [2.24, 2.45) is 5.73 Å². The van der Waals surface area contributed by atoms with E-state index in [-0.39, 0.29) is 5.56 Å². The van der Waals surface area contributed by atoms with Crippen molar-refractivity contribution in [3.63, 3.8) is 0 Å². The lowest BCUT2D eigenvalue weighted by molar-refractivity contribution is 0.990. The molecule has 0 aliphatic rings.